The third-order valence-electron chi connectivity index (χ3n) is 3.25. The number of amides is 1. The number of carbonyl (C=O) groups is 1. The molecule has 0 aliphatic rings. The SMILES string of the molecule is O=C(CSc1nnc(-c2ccc(Br)cc2)o1)Nc1ccc(Cl)c([N+](=O)[O-])c1. The van der Waals surface area contributed by atoms with Crippen LogP contribution in [0.5, 0.6) is 0 Å². The lowest BCUT2D eigenvalue weighted by Crippen LogP contribution is -2.14. The van der Waals surface area contributed by atoms with E-state index in [9.17, 15) is 14.9 Å². The molecule has 3 aromatic rings. The molecule has 0 fully saturated rings. The monoisotopic (exact) mass is 468 g/mol. The van der Waals surface area contributed by atoms with Crippen molar-refractivity contribution in [3.05, 3.63) is 62.1 Å². The molecule has 0 saturated heterocycles. The van der Waals surface area contributed by atoms with E-state index in [4.69, 9.17) is 16.0 Å². The molecular formula is C16H10BrClN4O4S. The number of halogens is 2. The van der Waals surface area contributed by atoms with Crippen LogP contribution in [0.3, 0.4) is 0 Å². The Morgan fingerprint density at radius 2 is 2.00 bits per heavy atom. The fraction of sp³-hybridized carbons (Fsp3) is 0.0625. The molecule has 2 aromatic carbocycles. The first-order valence-corrected chi connectivity index (χ1v) is 9.54. The molecule has 1 heterocycles. The van der Waals surface area contributed by atoms with Gasteiger partial charge in [0.15, 0.2) is 0 Å². The molecule has 1 N–H and O–H groups in total. The van der Waals surface area contributed by atoms with Gasteiger partial charge in [-0.15, -0.1) is 10.2 Å². The molecular weight excluding hydrogens is 460 g/mol. The van der Waals surface area contributed by atoms with Gasteiger partial charge in [-0.05, 0) is 36.4 Å². The van der Waals surface area contributed by atoms with Crippen LogP contribution < -0.4 is 5.32 Å². The van der Waals surface area contributed by atoms with Gasteiger partial charge in [0, 0.05) is 21.8 Å². The van der Waals surface area contributed by atoms with E-state index in [-0.39, 0.29) is 33.3 Å². The summed E-state index contributed by atoms with van der Waals surface area (Å²) in [5.41, 5.74) is 0.756. The van der Waals surface area contributed by atoms with Crippen molar-refractivity contribution in [2.45, 2.75) is 5.22 Å². The van der Waals surface area contributed by atoms with Crippen LogP contribution in [0.1, 0.15) is 0 Å². The molecule has 1 amide bonds. The first kappa shape index (κ1) is 19.3. The Morgan fingerprint density at radius 1 is 1.26 bits per heavy atom. The van der Waals surface area contributed by atoms with Gasteiger partial charge in [-0.3, -0.25) is 14.9 Å². The molecule has 0 atom stereocenters. The first-order valence-electron chi connectivity index (χ1n) is 7.38. The van der Waals surface area contributed by atoms with Crippen molar-refractivity contribution in [2.75, 3.05) is 11.1 Å². The molecule has 0 aliphatic heterocycles. The minimum atomic E-state index is -0.616. The molecule has 0 spiro atoms. The maximum atomic E-state index is 12.0. The number of hydrogen-bond donors (Lipinski definition) is 1. The molecule has 0 bridgehead atoms. The van der Waals surface area contributed by atoms with Crippen LogP contribution in [-0.4, -0.2) is 26.8 Å². The van der Waals surface area contributed by atoms with E-state index in [2.05, 4.69) is 31.4 Å². The smallest absolute Gasteiger partial charge is 0.289 e. The topological polar surface area (TPSA) is 111 Å². The zero-order chi connectivity index (χ0) is 19.4. The summed E-state index contributed by atoms with van der Waals surface area (Å²) in [7, 11) is 0. The minimum absolute atomic E-state index is 0.00120. The summed E-state index contributed by atoms with van der Waals surface area (Å²) in [6.45, 7) is 0. The van der Waals surface area contributed by atoms with Crippen molar-refractivity contribution in [2.24, 2.45) is 0 Å². The normalized spacial score (nSPS) is 10.6. The summed E-state index contributed by atoms with van der Waals surface area (Å²) in [5, 5.41) is 21.5. The Hall–Kier alpha value is -2.43. The van der Waals surface area contributed by atoms with Crippen LogP contribution in [0.25, 0.3) is 11.5 Å². The Morgan fingerprint density at radius 3 is 2.70 bits per heavy atom. The van der Waals surface area contributed by atoms with Gasteiger partial charge in [0.1, 0.15) is 5.02 Å². The highest BCUT2D eigenvalue weighted by atomic mass is 79.9. The van der Waals surface area contributed by atoms with E-state index >= 15 is 0 Å². The third kappa shape index (κ3) is 5.06. The maximum absolute atomic E-state index is 12.0. The van der Waals surface area contributed by atoms with E-state index < -0.39 is 4.92 Å². The Kier molecular flexibility index (Phi) is 6.09. The zero-order valence-electron chi connectivity index (χ0n) is 13.4. The Bertz CT molecular complexity index is 996. The van der Waals surface area contributed by atoms with Crippen molar-refractivity contribution < 1.29 is 14.1 Å². The number of rotatable bonds is 6. The average Bonchev–Trinajstić information content (AvgIpc) is 3.11. The zero-order valence-corrected chi connectivity index (χ0v) is 16.5. The lowest BCUT2D eigenvalue weighted by atomic mass is 10.2. The van der Waals surface area contributed by atoms with Crippen LogP contribution >= 0.6 is 39.3 Å². The van der Waals surface area contributed by atoms with Gasteiger partial charge < -0.3 is 9.73 Å². The summed E-state index contributed by atoms with van der Waals surface area (Å²) in [6, 6.07) is 11.4. The van der Waals surface area contributed by atoms with E-state index in [1.54, 1.807) is 0 Å². The summed E-state index contributed by atoms with van der Waals surface area (Å²) in [6.07, 6.45) is 0. The highest BCUT2D eigenvalue weighted by molar-refractivity contribution is 9.10. The number of thioether (sulfide) groups is 1. The largest absolute Gasteiger partial charge is 0.411 e. The number of hydrogen-bond acceptors (Lipinski definition) is 7. The molecule has 3 rings (SSSR count). The highest BCUT2D eigenvalue weighted by Crippen LogP contribution is 2.28. The molecule has 0 radical (unpaired) electrons. The summed E-state index contributed by atoms with van der Waals surface area (Å²) >= 11 is 10.1. The predicted octanol–water partition coefficient (Wildman–Crippen LogP) is 4.79. The quantitative estimate of drug-likeness (QED) is 0.314. The van der Waals surface area contributed by atoms with E-state index in [1.165, 1.54) is 18.2 Å². The lowest BCUT2D eigenvalue weighted by Gasteiger charge is -2.04. The van der Waals surface area contributed by atoms with Gasteiger partial charge in [-0.25, -0.2) is 0 Å². The van der Waals surface area contributed by atoms with Gasteiger partial charge >= 0.3 is 0 Å². The number of benzene rings is 2. The van der Waals surface area contributed by atoms with Gasteiger partial charge in [0.25, 0.3) is 10.9 Å². The molecule has 27 heavy (non-hydrogen) atoms. The van der Waals surface area contributed by atoms with Crippen molar-refractivity contribution >= 4 is 56.6 Å². The minimum Gasteiger partial charge on any atom is -0.411 e. The number of aromatic nitrogens is 2. The van der Waals surface area contributed by atoms with Crippen molar-refractivity contribution in [1.29, 1.82) is 0 Å². The van der Waals surface area contributed by atoms with E-state index in [1.807, 2.05) is 24.3 Å². The predicted molar refractivity (Wildman–Crippen MR) is 105 cm³/mol. The lowest BCUT2D eigenvalue weighted by molar-refractivity contribution is -0.384. The number of carbonyl (C=O) groups excluding carboxylic acids is 1. The van der Waals surface area contributed by atoms with Crippen molar-refractivity contribution in [3.63, 3.8) is 0 Å². The molecule has 0 aliphatic carbocycles. The second-order valence-corrected chi connectivity index (χ2v) is 7.39. The molecule has 1 aromatic heterocycles. The standard InChI is InChI=1S/C16H10BrClN4O4S/c17-10-3-1-9(2-4-10)15-20-21-16(26-15)27-8-14(23)19-11-5-6-12(18)13(7-11)22(24)25/h1-7H,8H2,(H,19,23). The number of anilines is 1. The van der Waals surface area contributed by atoms with Gasteiger partial charge in [0.2, 0.25) is 11.8 Å². The van der Waals surface area contributed by atoms with Gasteiger partial charge in [-0.1, -0.05) is 39.3 Å². The fourth-order valence-electron chi connectivity index (χ4n) is 2.03. The fourth-order valence-corrected chi connectivity index (χ4v) is 3.05. The third-order valence-corrected chi connectivity index (χ3v) is 4.92. The summed E-state index contributed by atoms with van der Waals surface area (Å²) in [5.74, 6) is -0.0305. The Balaban J connectivity index is 1.59. The van der Waals surface area contributed by atoms with Crippen molar-refractivity contribution in [1.82, 2.24) is 10.2 Å². The number of nitro groups is 1. The molecule has 138 valence electrons. The second kappa shape index (κ2) is 8.51. The highest BCUT2D eigenvalue weighted by Gasteiger charge is 2.15. The number of nitrogens with one attached hydrogen (secondary N) is 1. The van der Waals surface area contributed by atoms with E-state index in [0.717, 1.165) is 21.8 Å². The van der Waals surface area contributed by atoms with E-state index in [0.29, 0.717) is 5.89 Å². The van der Waals surface area contributed by atoms with Crippen LogP contribution in [0, 0.1) is 10.1 Å². The molecule has 11 heteroatoms. The van der Waals surface area contributed by atoms with Crippen LogP contribution in [-0.2, 0) is 4.79 Å². The summed E-state index contributed by atoms with van der Waals surface area (Å²) < 4.78 is 6.45. The number of nitro benzene ring substituents is 1. The first-order chi connectivity index (χ1) is 12.9. The summed E-state index contributed by atoms with van der Waals surface area (Å²) in [4.78, 5) is 22.3. The van der Waals surface area contributed by atoms with Gasteiger partial charge in [-0.2, -0.15) is 0 Å². The van der Waals surface area contributed by atoms with Crippen LogP contribution in [0.2, 0.25) is 5.02 Å². The maximum Gasteiger partial charge on any atom is 0.289 e. The average molecular weight is 470 g/mol. The van der Waals surface area contributed by atoms with Crippen LogP contribution in [0.15, 0.2) is 56.6 Å². The van der Waals surface area contributed by atoms with Crippen molar-refractivity contribution in [3.8, 4) is 11.5 Å². The van der Waals surface area contributed by atoms with Gasteiger partial charge in [0.05, 0.1) is 10.7 Å². The number of nitrogens with zero attached hydrogens (tertiary/aromatic N) is 3. The Labute approximate surface area is 170 Å². The molecule has 8 nitrogen and oxygen atoms in total. The van der Waals surface area contributed by atoms with Crippen LogP contribution in [0.4, 0.5) is 11.4 Å². The molecule has 0 saturated carbocycles. The second-order valence-electron chi connectivity index (χ2n) is 5.14. The molecule has 0 unspecified atom stereocenters.